The fourth-order valence-corrected chi connectivity index (χ4v) is 3.04. The number of primary amides is 1. The normalized spacial score (nSPS) is 17.3. The SMILES string of the molecule is CCC(C)C(NC(N)=O)C(=O)N1CCN(c2cccc(C)c2)CC1. The third-order valence-corrected chi connectivity index (χ3v) is 4.73. The number of hydrogen-bond donors (Lipinski definition) is 2. The number of hydrogen-bond acceptors (Lipinski definition) is 3. The molecule has 6 nitrogen and oxygen atoms in total. The van der Waals surface area contributed by atoms with Crippen LogP contribution in [0.25, 0.3) is 0 Å². The van der Waals surface area contributed by atoms with Crippen molar-refractivity contribution in [2.45, 2.75) is 33.2 Å². The number of benzene rings is 1. The number of urea groups is 1. The molecule has 3 N–H and O–H groups in total. The van der Waals surface area contributed by atoms with E-state index in [0.717, 1.165) is 19.5 Å². The van der Waals surface area contributed by atoms with Crippen LogP contribution in [0.2, 0.25) is 0 Å². The van der Waals surface area contributed by atoms with Gasteiger partial charge in [0.05, 0.1) is 0 Å². The van der Waals surface area contributed by atoms with Crippen molar-refractivity contribution in [2.24, 2.45) is 11.7 Å². The second kappa shape index (κ2) is 8.04. The van der Waals surface area contributed by atoms with E-state index in [0.29, 0.717) is 13.1 Å². The molecule has 0 aliphatic carbocycles. The van der Waals surface area contributed by atoms with Crippen LogP contribution >= 0.6 is 0 Å². The van der Waals surface area contributed by atoms with Crippen molar-refractivity contribution >= 4 is 17.6 Å². The average molecular weight is 332 g/mol. The van der Waals surface area contributed by atoms with Gasteiger partial charge in [-0.3, -0.25) is 4.79 Å². The highest BCUT2D eigenvalue weighted by Gasteiger charge is 2.31. The molecule has 3 amide bonds. The number of piperazine rings is 1. The summed E-state index contributed by atoms with van der Waals surface area (Å²) in [6.07, 6.45) is 0.805. The summed E-state index contributed by atoms with van der Waals surface area (Å²) < 4.78 is 0. The van der Waals surface area contributed by atoms with E-state index < -0.39 is 12.1 Å². The fourth-order valence-electron chi connectivity index (χ4n) is 3.04. The molecular formula is C18H28N4O2. The van der Waals surface area contributed by atoms with Crippen LogP contribution in [-0.2, 0) is 4.79 Å². The van der Waals surface area contributed by atoms with E-state index in [1.165, 1.54) is 11.3 Å². The topological polar surface area (TPSA) is 78.7 Å². The van der Waals surface area contributed by atoms with Crippen LogP contribution < -0.4 is 16.0 Å². The van der Waals surface area contributed by atoms with Crippen LogP contribution in [0.1, 0.15) is 25.8 Å². The highest BCUT2D eigenvalue weighted by Crippen LogP contribution is 2.19. The maximum absolute atomic E-state index is 12.8. The molecule has 0 bridgehead atoms. The van der Waals surface area contributed by atoms with Crippen molar-refractivity contribution in [3.8, 4) is 0 Å². The van der Waals surface area contributed by atoms with Crippen molar-refractivity contribution < 1.29 is 9.59 Å². The number of amides is 3. The minimum absolute atomic E-state index is 0.0351. The van der Waals surface area contributed by atoms with Crippen molar-refractivity contribution in [1.82, 2.24) is 10.2 Å². The van der Waals surface area contributed by atoms with Gasteiger partial charge in [0.2, 0.25) is 5.91 Å². The largest absolute Gasteiger partial charge is 0.368 e. The summed E-state index contributed by atoms with van der Waals surface area (Å²) in [5.41, 5.74) is 7.66. The van der Waals surface area contributed by atoms with Gasteiger partial charge in [0.1, 0.15) is 6.04 Å². The number of anilines is 1. The first-order valence-corrected chi connectivity index (χ1v) is 8.58. The lowest BCUT2D eigenvalue weighted by atomic mass is 9.97. The third kappa shape index (κ3) is 4.40. The molecule has 1 aliphatic rings. The molecule has 1 aromatic rings. The molecule has 24 heavy (non-hydrogen) atoms. The zero-order valence-corrected chi connectivity index (χ0v) is 14.8. The highest BCUT2D eigenvalue weighted by atomic mass is 16.2. The van der Waals surface area contributed by atoms with Gasteiger partial charge >= 0.3 is 6.03 Å². The van der Waals surface area contributed by atoms with Crippen LogP contribution in [0.15, 0.2) is 24.3 Å². The van der Waals surface area contributed by atoms with Crippen molar-refractivity contribution in [1.29, 1.82) is 0 Å². The monoisotopic (exact) mass is 332 g/mol. The summed E-state index contributed by atoms with van der Waals surface area (Å²) in [6.45, 7) is 8.93. The summed E-state index contributed by atoms with van der Waals surface area (Å²) in [5, 5.41) is 2.61. The predicted octanol–water partition coefficient (Wildman–Crippen LogP) is 1.73. The summed E-state index contributed by atoms with van der Waals surface area (Å²) in [5.74, 6) is 0.0202. The van der Waals surface area contributed by atoms with Gasteiger partial charge in [-0.1, -0.05) is 32.4 Å². The number of aryl methyl sites for hydroxylation is 1. The van der Waals surface area contributed by atoms with Gasteiger partial charge in [0, 0.05) is 31.9 Å². The summed E-state index contributed by atoms with van der Waals surface area (Å²) >= 11 is 0. The molecule has 0 aromatic heterocycles. The molecule has 1 aliphatic heterocycles. The van der Waals surface area contributed by atoms with Crippen LogP contribution in [0.4, 0.5) is 10.5 Å². The molecule has 2 unspecified atom stereocenters. The second-order valence-electron chi connectivity index (χ2n) is 6.52. The molecule has 0 spiro atoms. The zero-order chi connectivity index (χ0) is 17.7. The van der Waals surface area contributed by atoms with Gasteiger partial charge in [-0.15, -0.1) is 0 Å². The van der Waals surface area contributed by atoms with E-state index in [1.807, 2.05) is 18.7 Å². The Morgan fingerprint density at radius 1 is 1.25 bits per heavy atom. The lowest BCUT2D eigenvalue weighted by Crippen LogP contribution is -2.57. The minimum atomic E-state index is -0.646. The Kier molecular flexibility index (Phi) is 6.06. The first-order chi connectivity index (χ1) is 11.4. The Morgan fingerprint density at radius 3 is 2.46 bits per heavy atom. The maximum atomic E-state index is 12.8. The fraction of sp³-hybridized carbons (Fsp3) is 0.556. The minimum Gasteiger partial charge on any atom is -0.368 e. The summed E-state index contributed by atoms with van der Waals surface area (Å²) in [4.78, 5) is 28.1. The number of nitrogens with zero attached hydrogens (tertiary/aromatic N) is 2. The van der Waals surface area contributed by atoms with Crippen molar-refractivity contribution in [2.75, 3.05) is 31.1 Å². The van der Waals surface area contributed by atoms with E-state index in [9.17, 15) is 9.59 Å². The molecule has 132 valence electrons. The van der Waals surface area contributed by atoms with E-state index in [1.54, 1.807) is 0 Å². The van der Waals surface area contributed by atoms with Crippen molar-refractivity contribution in [3.63, 3.8) is 0 Å². The molecule has 0 radical (unpaired) electrons. The first kappa shape index (κ1) is 18.1. The van der Waals surface area contributed by atoms with Gasteiger partial charge in [-0.2, -0.15) is 0 Å². The Labute approximate surface area is 144 Å². The number of nitrogens with two attached hydrogens (primary N) is 1. The van der Waals surface area contributed by atoms with Crippen LogP contribution in [0.3, 0.4) is 0 Å². The zero-order valence-electron chi connectivity index (χ0n) is 14.8. The van der Waals surface area contributed by atoms with E-state index in [-0.39, 0.29) is 11.8 Å². The lowest BCUT2D eigenvalue weighted by Gasteiger charge is -2.38. The molecule has 1 saturated heterocycles. The quantitative estimate of drug-likeness (QED) is 0.862. The van der Waals surface area contributed by atoms with Crippen LogP contribution in [0.5, 0.6) is 0 Å². The van der Waals surface area contributed by atoms with Gasteiger partial charge in [-0.05, 0) is 30.5 Å². The van der Waals surface area contributed by atoms with Gasteiger partial charge in [-0.25, -0.2) is 4.79 Å². The van der Waals surface area contributed by atoms with E-state index in [4.69, 9.17) is 5.73 Å². The molecule has 2 rings (SSSR count). The van der Waals surface area contributed by atoms with E-state index in [2.05, 4.69) is 41.4 Å². The molecule has 1 heterocycles. The first-order valence-electron chi connectivity index (χ1n) is 8.58. The molecule has 2 atom stereocenters. The Morgan fingerprint density at radius 2 is 1.92 bits per heavy atom. The Balaban J connectivity index is 1.99. The highest BCUT2D eigenvalue weighted by molar-refractivity contribution is 5.87. The molecule has 0 saturated carbocycles. The number of rotatable bonds is 5. The molecule has 6 heteroatoms. The van der Waals surface area contributed by atoms with E-state index >= 15 is 0 Å². The van der Waals surface area contributed by atoms with Gasteiger partial charge in [0.15, 0.2) is 0 Å². The second-order valence-corrected chi connectivity index (χ2v) is 6.52. The van der Waals surface area contributed by atoms with Gasteiger partial charge in [0.25, 0.3) is 0 Å². The summed E-state index contributed by atoms with van der Waals surface area (Å²) in [6, 6.07) is 7.20. The Bertz CT molecular complexity index is 582. The molecule has 1 aromatic carbocycles. The standard InChI is InChI=1S/C18H28N4O2/c1-4-14(3)16(20-18(19)24)17(23)22-10-8-21(9-11-22)15-7-5-6-13(2)12-15/h5-7,12,14,16H,4,8-11H2,1-3H3,(H3,19,20,24). The van der Waals surface area contributed by atoms with Crippen molar-refractivity contribution in [3.05, 3.63) is 29.8 Å². The smallest absolute Gasteiger partial charge is 0.312 e. The lowest BCUT2D eigenvalue weighted by molar-refractivity contribution is -0.134. The molecule has 1 fully saturated rings. The molecular weight excluding hydrogens is 304 g/mol. The van der Waals surface area contributed by atoms with Crippen LogP contribution in [-0.4, -0.2) is 49.1 Å². The predicted molar refractivity (Wildman–Crippen MR) is 95.9 cm³/mol. The average Bonchev–Trinajstić information content (AvgIpc) is 2.58. The summed E-state index contributed by atoms with van der Waals surface area (Å²) in [7, 11) is 0. The maximum Gasteiger partial charge on any atom is 0.312 e. The third-order valence-electron chi connectivity index (χ3n) is 4.73. The number of nitrogens with one attached hydrogen (secondary N) is 1. The van der Waals surface area contributed by atoms with Gasteiger partial charge < -0.3 is 20.9 Å². The number of carbonyl (C=O) groups is 2. The number of carbonyl (C=O) groups excluding carboxylic acids is 2. The van der Waals surface area contributed by atoms with Crippen LogP contribution in [0, 0.1) is 12.8 Å². The Hall–Kier alpha value is -2.24.